The van der Waals surface area contributed by atoms with Crippen molar-refractivity contribution in [3.63, 3.8) is 0 Å². The third-order valence-corrected chi connectivity index (χ3v) is 6.56. The summed E-state index contributed by atoms with van der Waals surface area (Å²) < 4.78 is 25.5. The second-order valence-electron chi connectivity index (χ2n) is 6.90. The molecule has 6 nitrogen and oxygen atoms in total. The Hall–Kier alpha value is -1.86. The normalized spacial score (nSPS) is 27.5. The van der Waals surface area contributed by atoms with Crippen LogP contribution in [0.15, 0.2) is 30.5 Å². The number of aromatic nitrogens is 1. The molecule has 1 aromatic heterocycles. The molecule has 7 heteroatoms. The van der Waals surface area contributed by atoms with Gasteiger partial charge < -0.3 is 10.3 Å². The van der Waals surface area contributed by atoms with Crippen molar-refractivity contribution < 1.29 is 13.2 Å². The minimum absolute atomic E-state index is 0.0231. The van der Waals surface area contributed by atoms with Crippen molar-refractivity contribution in [1.29, 1.82) is 0 Å². The first-order valence-electron chi connectivity index (χ1n) is 8.28. The molecule has 128 valence electrons. The summed E-state index contributed by atoms with van der Waals surface area (Å²) >= 11 is 0. The Balaban J connectivity index is 1.47. The van der Waals surface area contributed by atoms with Gasteiger partial charge in [0.1, 0.15) is 0 Å². The Morgan fingerprint density at radius 2 is 1.92 bits per heavy atom. The SMILES string of the molecule is CS(=O)(=O)N1C2CCC1CC(NC(=O)c1ccc3cc[nH]c3c1)C2. The zero-order chi connectivity index (χ0) is 16.9. The number of sulfonamides is 1. The lowest BCUT2D eigenvalue weighted by atomic mass is 9.99. The molecule has 2 bridgehead atoms. The fourth-order valence-corrected chi connectivity index (χ4v) is 5.72. The zero-order valence-electron chi connectivity index (χ0n) is 13.5. The van der Waals surface area contributed by atoms with Gasteiger partial charge in [0.2, 0.25) is 10.0 Å². The van der Waals surface area contributed by atoms with Gasteiger partial charge in [0.25, 0.3) is 5.91 Å². The van der Waals surface area contributed by atoms with Crippen LogP contribution < -0.4 is 5.32 Å². The molecule has 2 aromatic rings. The first kappa shape index (κ1) is 15.7. The molecule has 2 saturated heterocycles. The highest BCUT2D eigenvalue weighted by molar-refractivity contribution is 7.88. The first-order valence-corrected chi connectivity index (χ1v) is 10.1. The number of piperidine rings is 1. The van der Waals surface area contributed by atoms with Crippen LogP contribution in [0.1, 0.15) is 36.0 Å². The van der Waals surface area contributed by atoms with Crippen molar-refractivity contribution in [3.05, 3.63) is 36.0 Å². The quantitative estimate of drug-likeness (QED) is 0.889. The summed E-state index contributed by atoms with van der Waals surface area (Å²) in [7, 11) is -3.17. The van der Waals surface area contributed by atoms with Crippen LogP contribution in [0.5, 0.6) is 0 Å². The highest BCUT2D eigenvalue weighted by Gasteiger charge is 2.45. The summed E-state index contributed by atoms with van der Waals surface area (Å²) in [5.74, 6) is -0.0938. The molecule has 2 fully saturated rings. The number of hydrogen-bond acceptors (Lipinski definition) is 3. The fraction of sp³-hybridized carbons (Fsp3) is 0.471. The van der Waals surface area contributed by atoms with Gasteiger partial charge in [-0.15, -0.1) is 0 Å². The number of amides is 1. The Labute approximate surface area is 141 Å². The lowest BCUT2D eigenvalue weighted by Crippen LogP contribution is -2.52. The van der Waals surface area contributed by atoms with Gasteiger partial charge in [-0.2, -0.15) is 4.31 Å². The van der Waals surface area contributed by atoms with E-state index < -0.39 is 10.0 Å². The van der Waals surface area contributed by atoms with Gasteiger partial charge in [-0.1, -0.05) is 6.07 Å². The molecule has 4 rings (SSSR count). The summed E-state index contributed by atoms with van der Waals surface area (Å²) in [4.78, 5) is 15.6. The molecule has 2 unspecified atom stereocenters. The molecule has 1 amide bonds. The number of hydrogen-bond donors (Lipinski definition) is 2. The van der Waals surface area contributed by atoms with E-state index in [-0.39, 0.29) is 24.0 Å². The van der Waals surface area contributed by atoms with Gasteiger partial charge in [0, 0.05) is 35.4 Å². The minimum atomic E-state index is -3.17. The first-order chi connectivity index (χ1) is 11.4. The number of carbonyl (C=O) groups excluding carboxylic acids is 1. The largest absolute Gasteiger partial charge is 0.361 e. The number of rotatable bonds is 3. The standard InChI is InChI=1S/C17H21N3O3S/c1-24(22,23)20-14-4-5-15(20)10-13(9-14)19-17(21)12-3-2-11-6-7-18-16(11)8-12/h2-3,6-8,13-15,18H,4-5,9-10H2,1H3,(H,19,21). The van der Waals surface area contributed by atoms with Crippen molar-refractivity contribution in [2.24, 2.45) is 0 Å². The maximum Gasteiger partial charge on any atom is 0.251 e. The van der Waals surface area contributed by atoms with Crippen LogP contribution in [0.25, 0.3) is 10.9 Å². The van der Waals surface area contributed by atoms with Crippen LogP contribution in [0.2, 0.25) is 0 Å². The number of H-pyrrole nitrogens is 1. The lowest BCUT2D eigenvalue weighted by Gasteiger charge is -2.37. The average molecular weight is 347 g/mol. The molecule has 0 aliphatic carbocycles. The summed E-state index contributed by atoms with van der Waals surface area (Å²) in [6.07, 6.45) is 6.30. The van der Waals surface area contributed by atoms with E-state index in [0.717, 1.165) is 23.7 Å². The van der Waals surface area contributed by atoms with E-state index >= 15 is 0 Å². The number of nitrogens with zero attached hydrogens (tertiary/aromatic N) is 1. The predicted octanol–water partition coefficient (Wildman–Crippen LogP) is 1.85. The molecule has 2 N–H and O–H groups in total. The zero-order valence-corrected chi connectivity index (χ0v) is 14.3. The molecule has 0 spiro atoms. The maximum atomic E-state index is 12.5. The van der Waals surface area contributed by atoms with E-state index in [1.54, 1.807) is 4.31 Å². The van der Waals surface area contributed by atoms with E-state index in [2.05, 4.69) is 10.3 Å². The van der Waals surface area contributed by atoms with E-state index in [4.69, 9.17) is 0 Å². The predicted molar refractivity (Wildman–Crippen MR) is 92.3 cm³/mol. The van der Waals surface area contributed by atoms with Gasteiger partial charge in [-0.05, 0) is 49.3 Å². The van der Waals surface area contributed by atoms with Crippen molar-refractivity contribution in [1.82, 2.24) is 14.6 Å². The second kappa shape index (κ2) is 5.60. The Kier molecular flexibility index (Phi) is 3.65. The fourth-order valence-electron chi connectivity index (χ4n) is 4.25. The highest BCUT2D eigenvalue weighted by atomic mass is 32.2. The van der Waals surface area contributed by atoms with Crippen LogP contribution >= 0.6 is 0 Å². The molecule has 2 atom stereocenters. The monoisotopic (exact) mass is 347 g/mol. The summed E-state index contributed by atoms with van der Waals surface area (Å²) in [6, 6.07) is 7.65. The Morgan fingerprint density at radius 1 is 1.21 bits per heavy atom. The molecular formula is C17H21N3O3S. The lowest BCUT2D eigenvalue weighted by molar-refractivity contribution is 0.0909. The number of nitrogens with one attached hydrogen (secondary N) is 2. The highest BCUT2D eigenvalue weighted by Crippen LogP contribution is 2.37. The maximum absolute atomic E-state index is 12.5. The Bertz CT molecular complexity index is 875. The number of aromatic amines is 1. The van der Waals surface area contributed by atoms with Crippen LogP contribution in [0.4, 0.5) is 0 Å². The molecule has 3 heterocycles. The van der Waals surface area contributed by atoms with Gasteiger partial charge in [0.05, 0.1) is 6.26 Å². The minimum Gasteiger partial charge on any atom is -0.361 e. The van der Waals surface area contributed by atoms with Gasteiger partial charge in [-0.25, -0.2) is 8.42 Å². The van der Waals surface area contributed by atoms with Crippen molar-refractivity contribution in [2.45, 2.75) is 43.8 Å². The topological polar surface area (TPSA) is 82.3 Å². The second-order valence-corrected chi connectivity index (χ2v) is 8.79. The molecule has 1 aromatic carbocycles. The van der Waals surface area contributed by atoms with Crippen molar-refractivity contribution in [2.75, 3.05) is 6.26 Å². The molecule has 2 aliphatic rings. The smallest absolute Gasteiger partial charge is 0.251 e. The third-order valence-electron chi connectivity index (χ3n) is 5.20. The molecular weight excluding hydrogens is 326 g/mol. The number of benzene rings is 1. The van der Waals surface area contributed by atoms with Crippen LogP contribution in [-0.2, 0) is 10.0 Å². The molecule has 0 radical (unpaired) electrons. The molecule has 2 aliphatic heterocycles. The summed E-state index contributed by atoms with van der Waals surface area (Å²) in [6.45, 7) is 0. The molecule has 24 heavy (non-hydrogen) atoms. The van der Waals surface area contributed by atoms with Crippen molar-refractivity contribution in [3.8, 4) is 0 Å². The van der Waals surface area contributed by atoms with Gasteiger partial charge in [0.15, 0.2) is 0 Å². The van der Waals surface area contributed by atoms with Crippen LogP contribution in [-0.4, -0.2) is 48.0 Å². The molecule has 0 saturated carbocycles. The average Bonchev–Trinajstić information content (AvgIpc) is 3.09. The van der Waals surface area contributed by atoms with E-state index in [1.165, 1.54) is 6.26 Å². The van der Waals surface area contributed by atoms with Crippen molar-refractivity contribution >= 4 is 26.8 Å². The van der Waals surface area contributed by atoms with Gasteiger partial charge >= 0.3 is 0 Å². The van der Waals surface area contributed by atoms with Crippen LogP contribution in [0.3, 0.4) is 0 Å². The third kappa shape index (κ3) is 2.71. The van der Waals surface area contributed by atoms with E-state index in [9.17, 15) is 13.2 Å². The summed E-state index contributed by atoms with van der Waals surface area (Å²) in [5.41, 5.74) is 1.57. The van der Waals surface area contributed by atoms with Gasteiger partial charge in [-0.3, -0.25) is 4.79 Å². The van der Waals surface area contributed by atoms with Crippen LogP contribution in [0, 0.1) is 0 Å². The van der Waals surface area contributed by atoms with E-state index in [1.807, 2.05) is 30.5 Å². The Morgan fingerprint density at radius 3 is 2.58 bits per heavy atom. The number of fused-ring (bicyclic) bond motifs is 3. The van der Waals surface area contributed by atoms with E-state index in [0.29, 0.717) is 18.4 Å². The number of carbonyl (C=O) groups is 1. The summed E-state index contributed by atoms with van der Waals surface area (Å²) in [5, 5.41) is 4.17.